The molecule has 0 spiro atoms. The number of thiazole rings is 1. The summed E-state index contributed by atoms with van der Waals surface area (Å²) in [7, 11) is 0. The van der Waals surface area contributed by atoms with Crippen LogP contribution in [-0.4, -0.2) is 20.1 Å². The zero-order valence-corrected chi connectivity index (χ0v) is 7.91. The highest BCUT2D eigenvalue weighted by atomic mass is 32.1. The van der Waals surface area contributed by atoms with Crippen molar-refractivity contribution in [1.29, 1.82) is 0 Å². The molecule has 0 fully saturated rings. The first-order chi connectivity index (χ1) is 6.81. The first-order valence-electron chi connectivity index (χ1n) is 3.89. The Kier molecular flexibility index (Phi) is 2.38. The van der Waals surface area contributed by atoms with Crippen LogP contribution in [0.2, 0.25) is 0 Å². The van der Waals surface area contributed by atoms with Gasteiger partial charge in [0.15, 0.2) is 5.82 Å². The fourth-order valence-electron chi connectivity index (χ4n) is 0.993. The van der Waals surface area contributed by atoms with Gasteiger partial charge in [-0.2, -0.15) is 0 Å². The van der Waals surface area contributed by atoms with Gasteiger partial charge in [-0.3, -0.25) is 4.79 Å². The zero-order chi connectivity index (χ0) is 9.97. The lowest BCUT2D eigenvalue weighted by Gasteiger charge is -1.97. The van der Waals surface area contributed by atoms with Gasteiger partial charge >= 0.3 is 0 Å². The Labute approximate surface area is 83.1 Å². The summed E-state index contributed by atoms with van der Waals surface area (Å²) in [5.41, 5.74) is 2.22. The Bertz CT molecular complexity index is 478. The van der Waals surface area contributed by atoms with E-state index in [2.05, 4.69) is 15.0 Å². The molecule has 5 nitrogen and oxygen atoms in total. The molecule has 0 saturated carbocycles. The van der Waals surface area contributed by atoms with E-state index in [9.17, 15) is 4.79 Å². The minimum Gasteiger partial charge on any atom is -0.391 e. The molecular formula is C8H7N3O2S. The average Bonchev–Trinajstić information content (AvgIpc) is 2.70. The van der Waals surface area contributed by atoms with E-state index < -0.39 is 0 Å². The molecule has 2 aromatic rings. The van der Waals surface area contributed by atoms with E-state index >= 15 is 0 Å². The van der Waals surface area contributed by atoms with E-state index in [0.717, 1.165) is 0 Å². The van der Waals surface area contributed by atoms with Gasteiger partial charge in [0.2, 0.25) is 0 Å². The summed E-state index contributed by atoms with van der Waals surface area (Å²) < 4.78 is 0. The fraction of sp³-hybridized carbons (Fsp3) is 0.125. The molecule has 72 valence electrons. The highest BCUT2D eigenvalue weighted by molar-refractivity contribution is 7.07. The maximum Gasteiger partial charge on any atom is 0.256 e. The molecular weight excluding hydrogens is 202 g/mol. The standard InChI is InChI=1S/C8H7N3O2S/c12-2-5-1-9-7(11-8(5)13)6-3-14-4-10-6/h1,3-4,12H,2H2,(H,9,11,13). The highest BCUT2D eigenvalue weighted by Crippen LogP contribution is 2.12. The number of nitrogens with one attached hydrogen (secondary N) is 1. The number of hydrogen-bond acceptors (Lipinski definition) is 5. The van der Waals surface area contributed by atoms with Gasteiger partial charge < -0.3 is 10.1 Å². The van der Waals surface area contributed by atoms with Crippen molar-refractivity contribution in [3.05, 3.63) is 33.0 Å². The van der Waals surface area contributed by atoms with Crippen molar-refractivity contribution in [2.45, 2.75) is 6.61 Å². The lowest BCUT2D eigenvalue weighted by atomic mass is 10.3. The molecule has 2 rings (SSSR count). The van der Waals surface area contributed by atoms with Crippen LogP contribution in [0.3, 0.4) is 0 Å². The summed E-state index contributed by atoms with van der Waals surface area (Å²) in [6, 6.07) is 0. The number of aliphatic hydroxyl groups is 1. The van der Waals surface area contributed by atoms with E-state index in [1.807, 2.05) is 0 Å². The summed E-state index contributed by atoms with van der Waals surface area (Å²) in [4.78, 5) is 21.8. The van der Waals surface area contributed by atoms with Gasteiger partial charge in [-0.25, -0.2) is 9.97 Å². The van der Waals surface area contributed by atoms with Gasteiger partial charge in [-0.15, -0.1) is 11.3 Å². The maximum atomic E-state index is 11.3. The van der Waals surface area contributed by atoms with Crippen molar-refractivity contribution in [2.24, 2.45) is 0 Å². The van der Waals surface area contributed by atoms with Crippen LogP contribution in [0.5, 0.6) is 0 Å². The molecule has 2 aromatic heterocycles. The minimum atomic E-state index is -0.328. The van der Waals surface area contributed by atoms with E-state index in [0.29, 0.717) is 11.5 Å². The summed E-state index contributed by atoms with van der Waals surface area (Å²) in [5, 5.41) is 10.6. The van der Waals surface area contributed by atoms with E-state index in [1.54, 1.807) is 10.9 Å². The number of rotatable bonds is 2. The number of aliphatic hydroxyl groups excluding tert-OH is 1. The normalized spacial score (nSPS) is 10.4. The molecule has 14 heavy (non-hydrogen) atoms. The topological polar surface area (TPSA) is 78.9 Å². The predicted molar refractivity (Wildman–Crippen MR) is 51.9 cm³/mol. The van der Waals surface area contributed by atoms with Crippen molar-refractivity contribution in [1.82, 2.24) is 15.0 Å². The molecule has 0 aromatic carbocycles. The molecule has 0 bridgehead atoms. The smallest absolute Gasteiger partial charge is 0.256 e. The van der Waals surface area contributed by atoms with Gasteiger partial charge in [-0.05, 0) is 0 Å². The van der Waals surface area contributed by atoms with Crippen LogP contribution in [0.15, 0.2) is 21.9 Å². The first-order valence-corrected chi connectivity index (χ1v) is 4.83. The van der Waals surface area contributed by atoms with Gasteiger partial charge in [0.25, 0.3) is 5.56 Å². The Morgan fingerprint density at radius 2 is 2.36 bits per heavy atom. The van der Waals surface area contributed by atoms with Crippen molar-refractivity contribution >= 4 is 11.3 Å². The van der Waals surface area contributed by atoms with Crippen molar-refractivity contribution in [2.75, 3.05) is 0 Å². The summed E-state index contributed by atoms with van der Waals surface area (Å²) in [5.74, 6) is 0.424. The molecule has 0 radical (unpaired) electrons. The highest BCUT2D eigenvalue weighted by Gasteiger charge is 2.04. The van der Waals surface area contributed by atoms with E-state index in [1.165, 1.54) is 17.5 Å². The monoisotopic (exact) mass is 209 g/mol. The van der Waals surface area contributed by atoms with Crippen LogP contribution in [0.25, 0.3) is 11.5 Å². The Hall–Kier alpha value is -1.53. The number of hydrogen-bond donors (Lipinski definition) is 2. The number of H-pyrrole nitrogens is 1. The lowest BCUT2D eigenvalue weighted by Crippen LogP contribution is -2.14. The molecule has 2 heterocycles. The first kappa shape index (κ1) is 9.04. The van der Waals surface area contributed by atoms with Crippen LogP contribution in [0.4, 0.5) is 0 Å². The second kappa shape index (κ2) is 3.69. The Morgan fingerprint density at radius 1 is 1.50 bits per heavy atom. The molecule has 0 atom stereocenters. The SMILES string of the molecule is O=c1[nH]c(-c2cscn2)ncc1CO. The third-order valence-corrected chi connectivity index (χ3v) is 2.30. The Morgan fingerprint density at radius 3 is 2.93 bits per heavy atom. The molecule has 0 aliphatic carbocycles. The third kappa shape index (κ3) is 1.57. The predicted octanol–water partition coefficient (Wildman–Crippen LogP) is 0.386. The number of nitrogens with zero attached hydrogens (tertiary/aromatic N) is 2. The quantitative estimate of drug-likeness (QED) is 0.749. The molecule has 0 amide bonds. The maximum absolute atomic E-state index is 11.3. The van der Waals surface area contributed by atoms with Gasteiger partial charge in [0.1, 0.15) is 5.69 Å². The lowest BCUT2D eigenvalue weighted by molar-refractivity contribution is 0.279. The second-order valence-corrected chi connectivity index (χ2v) is 3.34. The Balaban J connectivity index is 2.48. The molecule has 0 saturated heterocycles. The van der Waals surface area contributed by atoms with Crippen molar-refractivity contribution < 1.29 is 5.11 Å². The molecule has 0 aliphatic rings. The van der Waals surface area contributed by atoms with Gasteiger partial charge in [-0.1, -0.05) is 0 Å². The van der Waals surface area contributed by atoms with Crippen LogP contribution < -0.4 is 5.56 Å². The number of aromatic amines is 1. The van der Waals surface area contributed by atoms with Crippen LogP contribution in [-0.2, 0) is 6.61 Å². The summed E-state index contributed by atoms with van der Waals surface area (Å²) >= 11 is 1.43. The van der Waals surface area contributed by atoms with Crippen LogP contribution >= 0.6 is 11.3 Å². The zero-order valence-electron chi connectivity index (χ0n) is 7.10. The summed E-state index contributed by atoms with van der Waals surface area (Å²) in [6.45, 7) is -0.306. The fourth-order valence-corrected chi connectivity index (χ4v) is 1.53. The minimum absolute atomic E-state index is 0.254. The van der Waals surface area contributed by atoms with Crippen LogP contribution in [0.1, 0.15) is 5.56 Å². The van der Waals surface area contributed by atoms with Crippen molar-refractivity contribution in [3.63, 3.8) is 0 Å². The molecule has 2 N–H and O–H groups in total. The summed E-state index contributed by atoms with van der Waals surface area (Å²) in [6.07, 6.45) is 1.35. The molecule has 6 heteroatoms. The van der Waals surface area contributed by atoms with Gasteiger partial charge in [0, 0.05) is 11.6 Å². The van der Waals surface area contributed by atoms with E-state index in [4.69, 9.17) is 5.11 Å². The third-order valence-electron chi connectivity index (χ3n) is 1.72. The van der Waals surface area contributed by atoms with Crippen LogP contribution in [0, 0.1) is 0 Å². The van der Waals surface area contributed by atoms with Gasteiger partial charge in [0.05, 0.1) is 17.7 Å². The number of aromatic nitrogens is 3. The molecule has 0 unspecified atom stereocenters. The second-order valence-electron chi connectivity index (χ2n) is 2.62. The van der Waals surface area contributed by atoms with Crippen molar-refractivity contribution in [3.8, 4) is 11.5 Å². The van der Waals surface area contributed by atoms with E-state index in [-0.39, 0.29) is 17.7 Å². The average molecular weight is 209 g/mol. The molecule has 0 aliphatic heterocycles. The largest absolute Gasteiger partial charge is 0.391 e.